The molecule has 7 heteroatoms. The lowest BCUT2D eigenvalue weighted by Crippen LogP contribution is -2.48. The number of hydrogen-bond donors (Lipinski definition) is 2. The van der Waals surface area contributed by atoms with Crippen molar-refractivity contribution in [1.82, 2.24) is 15.2 Å². The summed E-state index contributed by atoms with van der Waals surface area (Å²) in [5.74, 6) is 1.32. The summed E-state index contributed by atoms with van der Waals surface area (Å²) >= 11 is 0. The van der Waals surface area contributed by atoms with E-state index in [0.29, 0.717) is 12.1 Å². The standard InChI is InChI=1S/C22H30N4O3/c1-16-8-9-19(21(23-16)26-12-10-25(11-13-26)14-15-27)22(28)24-17(2)18-6-4-5-7-20(18)29-3/h4-9,17,27H,10-15H2,1-3H3,(H,24,28). The molecular formula is C22H30N4O3. The van der Waals surface area contributed by atoms with Crippen molar-refractivity contribution in [1.29, 1.82) is 0 Å². The molecule has 156 valence electrons. The quantitative estimate of drug-likeness (QED) is 0.743. The highest BCUT2D eigenvalue weighted by Crippen LogP contribution is 2.26. The SMILES string of the molecule is COc1ccccc1C(C)NC(=O)c1ccc(C)nc1N1CCN(CCO)CC1. The van der Waals surface area contributed by atoms with Gasteiger partial charge in [0, 0.05) is 44.0 Å². The molecule has 1 aromatic heterocycles. The van der Waals surface area contributed by atoms with Gasteiger partial charge in [-0.15, -0.1) is 0 Å². The predicted octanol–water partition coefficient (Wildman–Crippen LogP) is 2.00. The molecule has 1 aromatic carbocycles. The van der Waals surface area contributed by atoms with Crippen molar-refractivity contribution in [2.45, 2.75) is 19.9 Å². The number of methoxy groups -OCH3 is 1. The number of aryl methyl sites for hydroxylation is 1. The molecule has 3 rings (SSSR count). The molecule has 0 spiro atoms. The fourth-order valence-corrected chi connectivity index (χ4v) is 3.66. The number of nitrogens with one attached hydrogen (secondary N) is 1. The zero-order valence-electron chi connectivity index (χ0n) is 17.4. The molecule has 1 amide bonds. The Morgan fingerprint density at radius 2 is 1.93 bits per heavy atom. The van der Waals surface area contributed by atoms with Crippen LogP contribution in [0.3, 0.4) is 0 Å². The summed E-state index contributed by atoms with van der Waals surface area (Å²) in [7, 11) is 1.63. The van der Waals surface area contributed by atoms with E-state index in [2.05, 4.69) is 20.1 Å². The first-order valence-electron chi connectivity index (χ1n) is 10.0. The van der Waals surface area contributed by atoms with E-state index in [1.54, 1.807) is 7.11 Å². The first-order valence-corrected chi connectivity index (χ1v) is 10.0. The predicted molar refractivity (Wildman–Crippen MR) is 114 cm³/mol. The van der Waals surface area contributed by atoms with Gasteiger partial charge in [0.25, 0.3) is 5.91 Å². The first-order chi connectivity index (χ1) is 14.0. The van der Waals surface area contributed by atoms with Crippen LogP contribution in [0.5, 0.6) is 5.75 Å². The Balaban J connectivity index is 1.77. The number of nitrogens with zero attached hydrogens (tertiary/aromatic N) is 3. The van der Waals surface area contributed by atoms with Crippen molar-refractivity contribution in [2.75, 3.05) is 51.3 Å². The van der Waals surface area contributed by atoms with Gasteiger partial charge in [-0.25, -0.2) is 4.98 Å². The molecule has 1 fully saturated rings. The number of pyridine rings is 1. The summed E-state index contributed by atoms with van der Waals surface area (Å²) < 4.78 is 5.42. The van der Waals surface area contributed by atoms with Gasteiger partial charge in [0.15, 0.2) is 0 Å². The number of rotatable bonds is 7. The van der Waals surface area contributed by atoms with Crippen molar-refractivity contribution in [3.05, 3.63) is 53.2 Å². The van der Waals surface area contributed by atoms with Crippen molar-refractivity contribution in [3.63, 3.8) is 0 Å². The van der Waals surface area contributed by atoms with Gasteiger partial charge in [0.05, 0.1) is 25.3 Å². The third kappa shape index (κ3) is 5.05. The number of piperazine rings is 1. The number of carbonyl (C=O) groups excluding carboxylic acids is 1. The third-order valence-electron chi connectivity index (χ3n) is 5.30. The lowest BCUT2D eigenvalue weighted by molar-refractivity contribution is 0.0939. The highest BCUT2D eigenvalue weighted by atomic mass is 16.5. The van der Waals surface area contributed by atoms with Crippen LogP contribution in [0.25, 0.3) is 0 Å². The van der Waals surface area contributed by atoms with Crippen molar-refractivity contribution < 1.29 is 14.6 Å². The highest BCUT2D eigenvalue weighted by molar-refractivity contribution is 5.99. The van der Waals surface area contributed by atoms with E-state index < -0.39 is 0 Å². The number of β-amino-alcohol motifs (C(OH)–C–C–N with tert-alkyl or cyclic N) is 1. The molecule has 1 aliphatic heterocycles. The highest BCUT2D eigenvalue weighted by Gasteiger charge is 2.24. The Hall–Kier alpha value is -2.64. The zero-order valence-corrected chi connectivity index (χ0v) is 17.4. The van der Waals surface area contributed by atoms with Crippen LogP contribution >= 0.6 is 0 Å². The number of aliphatic hydroxyl groups is 1. The molecule has 1 saturated heterocycles. The van der Waals surface area contributed by atoms with Gasteiger partial charge < -0.3 is 20.1 Å². The van der Waals surface area contributed by atoms with E-state index in [1.165, 1.54) is 0 Å². The van der Waals surface area contributed by atoms with E-state index in [-0.39, 0.29) is 18.6 Å². The molecule has 2 heterocycles. The summed E-state index contributed by atoms with van der Waals surface area (Å²) in [6.07, 6.45) is 0. The molecule has 7 nitrogen and oxygen atoms in total. The molecular weight excluding hydrogens is 368 g/mol. The van der Waals surface area contributed by atoms with Crippen LogP contribution in [0.1, 0.15) is 34.6 Å². The number of amides is 1. The van der Waals surface area contributed by atoms with Gasteiger partial charge in [0.1, 0.15) is 11.6 Å². The Bertz CT molecular complexity index is 835. The molecule has 1 aliphatic rings. The van der Waals surface area contributed by atoms with Gasteiger partial charge in [-0.05, 0) is 32.0 Å². The molecule has 1 unspecified atom stereocenters. The van der Waals surface area contributed by atoms with E-state index in [9.17, 15) is 4.79 Å². The second kappa shape index (κ2) is 9.71. The van der Waals surface area contributed by atoms with E-state index in [0.717, 1.165) is 49.0 Å². The smallest absolute Gasteiger partial charge is 0.255 e. The second-order valence-electron chi connectivity index (χ2n) is 7.31. The number of ether oxygens (including phenoxy) is 1. The van der Waals surface area contributed by atoms with Crippen molar-refractivity contribution in [3.8, 4) is 5.75 Å². The average Bonchev–Trinajstić information content (AvgIpc) is 2.74. The van der Waals surface area contributed by atoms with Crippen LogP contribution in [0.4, 0.5) is 5.82 Å². The Morgan fingerprint density at radius 1 is 1.21 bits per heavy atom. The van der Waals surface area contributed by atoms with Crippen LogP contribution < -0.4 is 15.0 Å². The molecule has 0 bridgehead atoms. The Labute approximate surface area is 172 Å². The summed E-state index contributed by atoms with van der Waals surface area (Å²) in [6.45, 7) is 7.96. The maximum atomic E-state index is 13.1. The number of para-hydroxylation sites is 1. The van der Waals surface area contributed by atoms with Crippen LogP contribution in [0, 0.1) is 6.92 Å². The molecule has 0 saturated carbocycles. The molecule has 29 heavy (non-hydrogen) atoms. The minimum absolute atomic E-state index is 0.149. The van der Waals surface area contributed by atoms with Crippen molar-refractivity contribution >= 4 is 11.7 Å². The number of carbonyl (C=O) groups is 1. The van der Waals surface area contributed by atoms with Gasteiger partial charge in [-0.3, -0.25) is 9.69 Å². The van der Waals surface area contributed by atoms with Crippen LogP contribution in [-0.2, 0) is 0 Å². The minimum atomic E-state index is -0.200. The number of anilines is 1. The maximum absolute atomic E-state index is 13.1. The second-order valence-corrected chi connectivity index (χ2v) is 7.31. The number of aromatic nitrogens is 1. The van der Waals surface area contributed by atoms with E-state index >= 15 is 0 Å². The number of aliphatic hydroxyl groups excluding tert-OH is 1. The maximum Gasteiger partial charge on any atom is 0.255 e. The van der Waals surface area contributed by atoms with E-state index in [1.807, 2.05) is 50.2 Å². The van der Waals surface area contributed by atoms with Crippen LogP contribution in [0.15, 0.2) is 36.4 Å². The summed E-state index contributed by atoms with van der Waals surface area (Å²) in [6, 6.07) is 11.2. The fraction of sp³-hybridized carbons (Fsp3) is 0.455. The lowest BCUT2D eigenvalue weighted by atomic mass is 10.1. The summed E-state index contributed by atoms with van der Waals surface area (Å²) in [5.41, 5.74) is 2.39. The molecule has 0 aliphatic carbocycles. The molecule has 0 radical (unpaired) electrons. The van der Waals surface area contributed by atoms with Crippen LogP contribution in [-0.4, -0.2) is 67.3 Å². The van der Waals surface area contributed by atoms with Crippen LogP contribution in [0.2, 0.25) is 0 Å². The Kier molecular flexibility index (Phi) is 7.06. The minimum Gasteiger partial charge on any atom is -0.496 e. The average molecular weight is 399 g/mol. The normalized spacial score (nSPS) is 15.8. The fourth-order valence-electron chi connectivity index (χ4n) is 3.66. The number of hydrogen-bond acceptors (Lipinski definition) is 6. The van der Waals surface area contributed by atoms with Crippen molar-refractivity contribution in [2.24, 2.45) is 0 Å². The van der Waals surface area contributed by atoms with Gasteiger partial charge in [0.2, 0.25) is 0 Å². The molecule has 2 N–H and O–H groups in total. The summed E-state index contributed by atoms with van der Waals surface area (Å²) in [5, 5.41) is 12.2. The topological polar surface area (TPSA) is 77.9 Å². The molecule has 2 aromatic rings. The lowest BCUT2D eigenvalue weighted by Gasteiger charge is -2.36. The number of benzene rings is 1. The van der Waals surface area contributed by atoms with Gasteiger partial charge >= 0.3 is 0 Å². The van der Waals surface area contributed by atoms with E-state index in [4.69, 9.17) is 9.84 Å². The largest absolute Gasteiger partial charge is 0.496 e. The molecule has 1 atom stereocenters. The van der Waals surface area contributed by atoms with Gasteiger partial charge in [-0.1, -0.05) is 18.2 Å². The zero-order chi connectivity index (χ0) is 20.8. The summed E-state index contributed by atoms with van der Waals surface area (Å²) in [4.78, 5) is 22.2. The third-order valence-corrected chi connectivity index (χ3v) is 5.30. The first kappa shape index (κ1) is 21.1. The monoisotopic (exact) mass is 398 g/mol. The Morgan fingerprint density at radius 3 is 2.62 bits per heavy atom. The van der Waals surface area contributed by atoms with Gasteiger partial charge in [-0.2, -0.15) is 0 Å².